The molecular formula is C27H22N2O2. The smallest absolute Gasteiger partial charge is 0.178 e. The molecular weight excluding hydrogens is 384 g/mol. The summed E-state index contributed by atoms with van der Waals surface area (Å²) < 4.78 is 37.1. The van der Waals surface area contributed by atoms with E-state index in [9.17, 15) is 0 Å². The molecule has 0 atom stereocenters. The average Bonchev–Trinajstić information content (AvgIpc) is 3.36. The van der Waals surface area contributed by atoms with Gasteiger partial charge in [-0.1, -0.05) is 45.0 Å². The van der Waals surface area contributed by atoms with Gasteiger partial charge in [0.1, 0.15) is 17.5 Å². The van der Waals surface area contributed by atoms with Gasteiger partial charge in [0.25, 0.3) is 0 Å². The highest BCUT2D eigenvalue weighted by molar-refractivity contribution is 6.20. The van der Waals surface area contributed by atoms with Gasteiger partial charge in [0, 0.05) is 42.3 Å². The molecule has 0 bridgehead atoms. The fourth-order valence-corrected chi connectivity index (χ4v) is 4.24. The molecule has 0 unspecified atom stereocenters. The van der Waals surface area contributed by atoms with Crippen molar-refractivity contribution in [2.24, 2.45) is 0 Å². The van der Waals surface area contributed by atoms with Gasteiger partial charge in [0.15, 0.2) is 11.2 Å². The Balaban J connectivity index is 1.74. The molecule has 3 aromatic carbocycles. The Hall–Kier alpha value is -3.66. The number of nitrogens with zero attached hydrogens (tertiary/aromatic N) is 2. The van der Waals surface area contributed by atoms with Gasteiger partial charge in [-0.05, 0) is 42.7 Å². The van der Waals surface area contributed by atoms with Crippen molar-refractivity contribution in [1.29, 1.82) is 0 Å². The minimum absolute atomic E-state index is 0.163. The highest BCUT2D eigenvalue weighted by atomic mass is 16.4. The molecule has 3 heterocycles. The number of furan rings is 2. The number of benzene rings is 3. The number of aryl methyl sites for hydroxylation is 1. The van der Waals surface area contributed by atoms with Crippen LogP contribution in [0.1, 0.15) is 36.1 Å². The van der Waals surface area contributed by atoms with Gasteiger partial charge in [-0.15, -0.1) is 0 Å². The first-order valence-corrected chi connectivity index (χ1v) is 10.3. The molecule has 0 spiro atoms. The lowest BCUT2D eigenvalue weighted by atomic mass is 9.91. The van der Waals surface area contributed by atoms with Crippen molar-refractivity contribution in [2.75, 3.05) is 0 Å². The summed E-state index contributed by atoms with van der Waals surface area (Å²) in [4.78, 5) is 8.93. The molecule has 0 radical (unpaired) electrons. The SMILES string of the molecule is [2H]C([2H])([2H])c1ccc(-c2cc(C(C)(C)C)ncn2)c2oc3c(ccc4c5ccccc5oc43)c12. The third kappa shape index (κ3) is 2.61. The van der Waals surface area contributed by atoms with Crippen molar-refractivity contribution in [3.8, 4) is 11.3 Å². The molecule has 4 nitrogen and oxygen atoms in total. The molecule has 0 N–H and O–H groups in total. The molecule has 0 aliphatic rings. The van der Waals surface area contributed by atoms with Crippen LogP contribution in [-0.2, 0) is 5.41 Å². The van der Waals surface area contributed by atoms with Crippen LogP contribution < -0.4 is 0 Å². The molecule has 31 heavy (non-hydrogen) atoms. The molecule has 4 heteroatoms. The van der Waals surface area contributed by atoms with Crippen molar-refractivity contribution < 1.29 is 12.9 Å². The lowest BCUT2D eigenvalue weighted by Crippen LogP contribution is -2.13. The maximum absolute atomic E-state index is 8.15. The van der Waals surface area contributed by atoms with E-state index in [4.69, 9.17) is 12.9 Å². The van der Waals surface area contributed by atoms with Crippen LogP contribution in [0.15, 0.2) is 69.8 Å². The molecule has 0 saturated carbocycles. The van der Waals surface area contributed by atoms with Crippen molar-refractivity contribution in [2.45, 2.75) is 33.0 Å². The standard InChI is InChI=1S/C27H22N2O2/c1-15-9-10-18(20-13-22(27(2,3)4)29-14-28-20)24-23(15)19-12-11-17-16-7-5-6-8-21(16)30-25(17)26(19)31-24/h5-14H,1-4H3/i1D3. The van der Waals surface area contributed by atoms with E-state index in [1.165, 1.54) is 0 Å². The number of rotatable bonds is 1. The maximum atomic E-state index is 8.15. The zero-order valence-electron chi connectivity index (χ0n) is 20.5. The van der Waals surface area contributed by atoms with Crippen LogP contribution in [0.2, 0.25) is 0 Å². The number of hydrogen-bond acceptors (Lipinski definition) is 4. The fourth-order valence-electron chi connectivity index (χ4n) is 4.24. The Morgan fingerprint density at radius 1 is 0.806 bits per heavy atom. The van der Waals surface area contributed by atoms with Gasteiger partial charge < -0.3 is 8.83 Å². The lowest BCUT2D eigenvalue weighted by Gasteiger charge is -2.17. The van der Waals surface area contributed by atoms with Crippen LogP contribution in [0, 0.1) is 6.85 Å². The second-order valence-electron chi connectivity index (χ2n) is 8.92. The fraction of sp³-hybridized carbons (Fsp3) is 0.185. The van der Waals surface area contributed by atoms with E-state index >= 15 is 0 Å². The zero-order chi connectivity index (χ0) is 23.8. The Morgan fingerprint density at radius 2 is 1.61 bits per heavy atom. The summed E-state index contributed by atoms with van der Waals surface area (Å²) >= 11 is 0. The molecule has 0 amide bonds. The average molecular weight is 410 g/mol. The summed E-state index contributed by atoms with van der Waals surface area (Å²) in [5, 5.41) is 3.18. The summed E-state index contributed by atoms with van der Waals surface area (Å²) in [5.41, 5.74) is 4.75. The Labute approximate surface area is 183 Å². The highest BCUT2D eigenvalue weighted by Crippen LogP contribution is 2.42. The predicted molar refractivity (Wildman–Crippen MR) is 125 cm³/mol. The molecule has 0 fully saturated rings. The van der Waals surface area contributed by atoms with E-state index in [2.05, 4.69) is 30.7 Å². The predicted octanol–water partition coefficient (Wildman–Crippen LogP) is 7.55. The molecule has 152 valence electrons. The second-order valence-corrected chi connectivity index (χ2v) is 8.92. The molecule has 0 aliphatic heterocycles. The zero-order valence-corrected chi connectivity index (χ0v) is 17.5. The van der Waals surface area contributed by atoms with E-state index in [-0.39, 0.29) is 11.0 Å². The monoisotopic (exact) mass is 409 g/mol. The largest absolute Gasteiger partial charge is 0.452 e. The molecule has 0 saturated heterocycles. The number of hydrogen-bond donors (Lipinski definition) is 0. The van der Waals surface area contributed by atoms with E-state index < -0.39 is 6.85 Å². The van der Waals surface area contributed by atoms with Crippen molar-refractivity contribution >= 4 is 43.9 Å². The van der Waals surface area contributed by atoms with E-state index in [1.807, 2.05) is 42.5 Å². The van der Waals surface area contributed by atoms with Crippen molar-refractivity contribution in [3.63, 3.8) is 0 Å². The molecule has 0 aliphatic carbocycles. The summed E-state index contributed by atoms with van der Waals surface area (Å²) in [6.45, 7) is 3.96. The van der Waals surface area contributed by atoms with Crippen LogP contribution in [0.5, 0.6) is 0 Å². The van der Waals surface area contributed by atoms with Crippen LogP contribution in [0.4, 0.5) is 0 Å². The molecule has 6 aromatic rings. The number of aromatic nitrogens is 2. The number of para-hydroxylation sites is 1. The Morgan fingerprint density at radius 3 is 2.45 bits per heavy atom. The van der Waals surface area contributed by atoms with Gasteiger partial charge in [0.05, 0.1) is 5.69 Å². The van der Waals surface area contributed by atoms with Gasteiger partial charge in [-0.2, -0.15) is 0 Å². The van der Waals surface area contributed by atoms with E-state index in [0.29, 0.717) is 33.2 Å². The minimum atomic E-state index is -2.31. The summed E-state index contributed by atoms with van der Waals surface area (Å²) in [7, 11) is 0. The Bertz CT molecular complexity index is 1740. The third-order valence-electron chi connectivity index (χ3n) is 5.84. The van der Waals surface area contributed by atoms with Crippen molar-refractivity contribution in [3.05, 3.63) is 72.2 Å². The first kappa shape index (κ1) is 15.2. The van der Waals surface area contributed by atoms with Crippen LogP contribution in [0.25, 0.3) is 55.1 Å². The van der Waals surface area contributed by atoms with Crippen LogP contribution in [0.3, 0.4) is 0 Å². The quantitative estimate of drug-likeness (QED) is 0.281. The topological polar surface area (TPSA) is 52.1 Å². The maximum Gasteiger partial charge on any atom is 0.178 e. The summed E-state index contributed by atoms with van der Waals surface area (Å²) in [6.07, 6.45) is 1.54. The lowest BCUT2D eigenvalue weighted by molar-refractivity contribution is 0.567. The van der Waals surface area contributed by atoms with Gasteiger partial charge in [0.2, 0.25) is 0 Å². The van der Waals surface area contributed by atoms with Crippen LogP contribution >= 0.6 is 0 Å². The first-order chi connectivity index (χ1) is 16.1. The summed E-state index contributed by atoms with van der Waals surface area (Å²) in [6, 6.07) is 17.1. The minimum Gasteiger partial charge on any atom is -0.452 e. The van der Waals surface area contributed by atoms with Crippen molar-refractivity contribution in [1.82, 2.24) is 9.97 Å². The third-order valence-corrected chi connectivity index (χ3v) is 5.84. The van der Waals surface area contributed by atoms with Gasteiger partial charge >= 0.3 is 0 Å². The normalized spacial score (nSPS) is 14.4. The second kappa shape index (κ2) is 6.17. The number of fused-ring (bicyclic) bond motifs is 7. The molecule has 6 rings (SSSR count). The van der Waals surface area contributed by atoms with E-state index in [1.54, 1.807) is 18.5 Å². The molecule has 3 aromatic heterocycles. The Kier molecular flexibility index (Phi) is 3.02. The van der Waals surface area contributed by atoms with Gasteiger partial charge in [-0.3, -0.25) is 0 Å². The highest BCUT2D eigenvalue weighted by Gasteiger charge is 2.21. The van der Waals surface area contributed by atoms with Gasteiger partial charge in [-0.25, -0.2) is 9.97 Å². The van der Waals surface area contributed by atoms with E-state index in [0.717, 1.165) is 27.6 Å². The summed E-state index contributed by atoms with van der Waals surface area (Å²) in [5.74, 6) is 0. The van der Waals surface area contributed by atoms with Crippen LogP contribution in [-0.4, -0.2) is 9.97 Å². The first-order valence-electron chi connectivity index (χ1n) is 11.8.